The second-order valence-electron chi connectivity index (χ2n) is 4.64. The van der Waals surface area contributed by atoms with Gasteiger partial charge in [-0.2, -0.15) is 0 Å². The number of nitrogens with two attached hydrogens (primary N) is 1. The highest BCUT2D eigenvalue weighted by Gasteiger charge is 2.07. The van der Waals surface area contributed by atoms with Crippen molar-refractivity contribution in [3.63, 3.8) is 0 Å². The minimum absolute atomic E-state index is 0.655. The van der Waals surface area contributed by atoms with Gasteiger partial charge in [0, 0.05) is 10.8 Å². The molecule has 2 N–H and O–H groups in total. The Morgan fingerprint density at radius 3 is 2.00 bits per heavy atom. The van der Waals surface area contributed by atoms with Gasteiger partial charge in [-0.1, -0.05) is 48.5 Å². The fourth-order valence-electron chi connectivity index (χ4n) is 2.38. The van der Waals surface area contributed by atoms with Crippen LogP contribution in [0.1, 0.15) is 6.42 Å². The monoisotopic (exact) mass is 251 g/mol. The summed E-state index contributed by atoms with van der Waals surface area (Å²) in [6.45, 7) is 1.32. The Labute approximate surface area is 112 Å². The van der Waals surface area contributed by atoms with Crippen LogP contribution in [0.25, 0.3) is 21.5 Å². The van der Waals surface area contributed by atoms with Gasteiger partial charge >= 0.3 is 0 Å². The van der Waals surface area contributed by atoms with Gasteiger partial charge in [0.05, 0.1) is 6.61 Å². The summed E-state index contributed by atoms with van der Waals surface area (Å²) in [6, 6.07) is 18.9. The summed E-state index contributed by atoms with van der Waals surface area (Å²) in [5, 5.41) is 4.75. The molecule has 0 atom stereocenters. The molecule has 0 aliphatic rings. The summed E-state index contributed by atoms with van der Waals surface area (Å²) in [7, 11) is 0. The second-order valence-corrected chi connectivity index (χ2v) is 4.64. The molecule has 19 heavy (non-hydrogen) atoms. The first-order chi connectivity index (χ1) is 9.40. The number of hydrogen-bond donors (Lipinski definition) is 1. The fraction of sp³-hybridized carbons (Fsp3) is 0.176. The maximum absolute atomic E-state index is 5.99. The van der Waals surface area contributed by atoms with Crippen LogP contribution in [0.15, 0.2) is 54.6 Å². The SMILES string of the molecule is NCCCOc1c2ccccc2cc2ccccc12. The van der Waals surface area contributed by atoms with Crippen LogP contribution >= 0.6 is 0 Å². The van der Waals surface area contributed by atoms with Crippen LogP contribution in [-0.4, -0.2) is 13.2 Å². The Balaban J connectivity index is 2.21. The van der Waals surface area contributed by atoms with Crippen LogP contribution in [0.3, 0.4) is 0 Å². The Morgan fingerprint density at radius 2 is 1.42 bits per heavy atom. The molecular formula is C17H17NO. The van der Waals surface area contributed by atoms with Gasteiger partial charge in [-0.05, 0) is 29.8 Å². The van der Waals surface area contributed by atoms with Crippen LogP contribution in [0.4, 0.5) is 0 Å². The van der Waals surface area contributed by atoms with E-state index in [0.29, 0.717) is 13.2 Å². The van der Waals surface area contributed by atoms with Gasteiger partial charge in [-0.25, -0.2) is 0 Å². The smallest absolute Gasteiger partial charge is 0.134 e. The first-order valence-corrected chi connectivity index (χ1v) is 6.63. The van der Waals surface area contributed by atoms with Gasteiger partial charge in [0.25, 0.3) is 0 Å². The number of hydrogen-bond acceptors (Lipinski definition) is 2. The van der Waals surface area contributed by atoms with E-state index in [0.717, 1.165) is 12.2 Å². The van der Waals surface area contributed by atoms with Crippen molar-refractivity contribution in [2.24, 2.45) is 5.73 Å². The second kappa shape index (κ2) is 5.29. The summed E-state index contributed by atoms with van der Waals surface area (Å²) in [5.74, 6) is 0.974. The standard InChI is InChI=1S/C17H17NO/c18-10-5-11-19-17-15-8-3-1-6-13(15)12-14-7-2-4-9-16(14)17/h1-4,6-9,12H,5,10-11,18H2. The van der Waals surface area contributed by atoms with Crippen molar-refractivity contribution in [2.45, 2.75) is 6.42 Å². The average molecular weight is 251 g/mol. The van der Waals surface area contributed by atoms with Crippen LogP contribution in [-0.2, 0) is 0 Å². The average Bonchev–Trinajstić information content (AvgIpc) is 2.46. The molecule has 96 valence electrons. The van der Waals surface area contributed by atoms with Gasteiger partial charge in [-0.15, -0.1) is 0 Å². The summed E-state index contributed by atoms with van der Waals surface area (Å²) in [4.78, 5) is 0. The van der Waals surface area contributed by atoms with Crippen LogP contribution < -0.4 is 10.5 Å². The zero-order valence-electron chi connectivity index (χ0n) is 10.8. The third kappa shape index (κ3) is 2.27. The van der Waals surface area contributed by atoms with Crippen LogP contribution in [0.5, 0.6) is 5.75 Å². The van der Waals surface area contributed by atoms with Crippen molar-refractivity contribution < 1.29 is 4.74 Å². The van der Waals surface area contributed by atoms with Crippen molar-refractivity contribution in [3.8, 4) is 5.75 Å². The van der Waals surface area contributed by atoms with E-state index in [1.54, 1.807) is 0 Å². The van der Waals surface area contributed by atoms with E-state index in [1.165, 1.54) is 21.5 Å². The predicted octanol–water partition coefficient (Wildman–Crippen LogP) is 3.72. The molecule has 0 radical (unpaired) electrons. The van der Waals surface area contributed by atoms with E-state index in [9.17, 15) is 0 Å². The molecular weight excluding hydrogens is 234 g/mol. The molecule has 0 amide bonds. The van der Waals surface area contributed by atoms with Crippen molar-refractivity contribution in [2.75, 3.05) is 13.2 Å². The Hall–Kier alpha value is -2.06. The molecule has 0 aliphatic carbocycles. The Bertz CT molecular complexity index is 652. The van der Waals surface area contributed by atoms with Crippen LogP contribution in [0.2, 0.25) is 0 Å². The number of fused-ring (bicyclic) bond motifs is 2. The molecule has 3 aromatic carbocycles. The molecule has 3 rings (SSSR count). The highest BCUT2D eigenvalue weighted by Crippen LogP contribution is 2.34. The van der Waals surface area contributed by atoms with Gasteiger partial charge in [-0.3, -0.25) is 0 Å². The van der Waals surface area contributed by atoms with E-state index >= 15 is 0 Å². The first kappa shape index (κ1) is 12.0. The van der Waals surface area contributed by atoms with Crippen molar-refractivity contribution in [1.29, 1.82) is 0 Å². The molecule has 0 saturated heterocycles. The maximum Gasteiger partial charge on any atom is 0.134 e. The minimum atomic E-state index is 0.655. The minimum Gasteiger partial charge on any atom is -0.492 e. The third-order valence-corrected chi connectivity index (χ3v) is 3.32. The van der Waals surface area contributed by atoms with Crippen LogP contribution in [0, 0.1) is 0 Å². The number of rotatable bonds is 4. The maximum atomic E-state index is 5.99. The molecule has 0 unspecified atom stereocenters. The quantitative estimate of drug-likeness (QED) is 0.566. The molecule has 0 aromatic heterocycles. The van der Waals surface area contributed by atoms with E-state index < -0.39 is 0 Å². The van der Waals surface area contributed by atoms with E-state index in [2.05, 4.69) is 42.5 Å². The van der Waals surface area contributed by atoms with Crippen molar-refractivity contribution in [1.82, 2.24) is 0 Å². The molecule has 0 heterocycles. The summed E-state index contributed by atoms with van der Waals surface area (Å²) < 4.78 is 5.99. The highest BCUT2D eigenvalue weighted by atomic mass is 16.5. The number of ether oxygens (including phenoxy) is 1. The fourth-order valence-corrected chi connectivity index (χ4v) is 2.38. The van der Waals surface area contributed by atoms with E-state index in [1.807, 2.05) is 12.1 Å². The highest BCUT2D eigenvalue weighted by molar-refractivity contribution is 6.05. The first-order valence-electron chi connectivity index (χ1n) is 6.63. The predicted molar refractivity (Wildman–Crippen MR) is 80.6 cm³/mol. The Kier molecular flexibility index (Phi) is 3.34. The lowest BCUT2D eigenvalue weighted by atomic mass is 10.0. The third-order valence-electron chi connectivity index (χ3n) is 3.32. The summed E-state index contributed by atoms with van der Waals surface area (Å²) >= 11 is 0. The molecule has 3 aromatic rings. The molecule has 0 fully saturated rings. The van der Waals surface area contributed by atoms with Gasteiger partial charge in [0.15, 0.2) is 0 Å². The van der Waals surface area contributed by atoms with Gasteiger partial charge in [0.1, 0.15) is 5.75 Å². The molecule has 0 aliphatic heterocycles. The Morgan fingerprint density at radius 1 is 0.842 bits per heavy atom. The molecule has 0 saturated carbocycles. The lowest BCUT2D eigenvalue weighted by Gasteiger charge is -2.12. The zero-order chi connectivity index (χ0) is 13.1. The van der Waals surface area contributed by atoms with Gasteiger partial charge in [0.2, 0.25) is 0 Å². The lowest BCUT2D eigenvalue weighted by Crippen LogP contribution is -2.06. The topological polar surface area (TPSA) is 35.2 Å². The normalized spacial score (nSPS) is 11.0. The van der Waals surface area contributed by atoms with Gasteiger partial charge < -0.3 is 10.5 Å². The zero-order valence-corrected chi connectivity index (χ0v) is 10.8. The molecule has 2 nitrogen and oxygen atoms in total. The van der Waals surface area contributed by atoms with Crippen molar-refractivity contribution in [3.05, 3.63) is 54.6 Å². The molecule has 0 spiro atoms. The van der Waals surface area contributed by atoms with E-state index in [4.69, 9.17) is 10.5 Å². The summed E-state index contributed by atoms with van der Waals surface area (Å²) in [6.07, 6.45) is 0.873. The van der Waals surface area contributed by atoms with Crippen molar-refractivity contribution >= 4 is 21.5 Å². The molecule has 2 heteroatoms. The largest absolute Gasteiger partial charge is 0.492 e. The number of benzene rings is 3. The van der Waals surface area contributed by atoms with E-state index in [-0.39, 0.29) is 0 Å². The molecule has 0 bridgehead atoms. The lowest BCUT2D eigenvalue weighted by molar-refractivity contribution is 0.320. The summed E-state index contributed by atoms with van der Waals surface area (Å²) in [5.41, 5.74) is 5.54.